The van der Waals surface area contributed by atoms with Crippen LogP contribution < -0.4 is 4.72 Å². The molecule has 2 aromatic carbocycles. The first-order valence-corrected chi connectivity index (χ1v) is 8.52. The topological polar surface area (TPSA) is 72.5 Å². The number of hydrogen-bond donors (Lipinski definition) is 1. The van der Waals surface area contributed by atoms with Crippen molar-refractivity contribution < 1.29 is 17.9 Å². The van der Waals surface area contributed by atoms with Crippen LogP contribution >= 0.6 is 0 Å². The number of sulfonamides is 1. The fraction of sp³-hybridized carbons (Fsp3) is 0.118. The summed E-state index contributed by atoms with van der Waals surface area (Å²) in [4.78, 5) is 12.0. The molecular formula is C17H15NO4S. The number of benzene rings is 2. The molecule has 5 nitrogen and oxygen atoms in total. The Labute approximate surface area is 134 Å². The van der Waals surface area contributed by atoms with Gasteiger partial charge in [0.15, 0.2) is 0 Å². The molecule has 1 aliphatic heterocycles. The number of carbonyl (C=O) groups is 1. The predicted molar refractivity (Wildman–Crippen MR) is 85.8 cm³/mol. The van der Waals surface area contributed by atoms with Gasteiger partial charge in [-0.1, -0.05) is 48.0 Å². The third kappa shape index (κ3) is 3.33. The van der Waals surface area contributed by atoms with E-state index in [1.165, 1.54) is 18.2 Å². The Balaban J connectivity index is 1.83. The Hall–Kier alpha value is -2.44. The first-order chi connectivity index (χ1) is 11.0. The highest BCUT2D eigenvalue weighted by atomic mass is 32.2. The van der Waals surface area contributed by atoms with Gasteiger partial charge in [-0.15, -0.1) is 0 Å². The second kappa shape index (κ2) is 5.98. The standard InChI is InChI=1S/C17H15NO4S/c1-12-7-9-14(10-8-12)23(20,21)18-15-11-16(22-17(15)19)13-5-3-2-4-6-13/h2-11,15,18H,1H3. The number of hydrogen-bond acceptors (Lipinski definition) is 4. The van der Waals surface area contributed by atoms with E-state index in [4.69, 9.17) is 4.74 Å². The molecule has 118 valence electrons. The van der Waals surface area contributed by atoms with Gasteiger partial charge in [-0.2, -0.15) is 4.72 Å². The summed E-state index contributed by atoms with van der Waals surface area (Å²) in [6.07, 6.45) is 1.48. The summed E-state index contributed by atoms with van der Waals surface area (Å²) in [5.74, 6) is -0.285. The van der Waals surface area contributed by atoms with Crippen LogP contribution in [0.3, 0.4) is 0 Å². The van der Waals surface area contributed by atoms with Crippen molar-refractivity contribution in [1.29, 1.82) is 0 Å². The summed E-state index contributed by atoms with van der Waals surface area (Å²) < 4.78 is 32.2. The Morgan fingerprint density at radius 3 is 2.30 bits per heavy atom. The summed E-state index contributed by atoms with van der Waals surface area (Å²) in [5.41, 5.74) is 1.67. The van der Waals surface area contributed by atoms with Crippen molar-refractivity contribution in [3.8, 4) is 0 Å². The molecule has 23 heavy (non-hydrogen) atoms. The smallest absolute Gasteiger partial charge is 0.333 e. The molecule has 2 aromatic rings. The largest absolute Gasteiger partial charge is 0.425 e. The average Bonchev–Trinajstić information content (AvgIpc) is 2.89. The Bertz CT molecular complexity index is 855. The minimum Gasteiger partial charge on any atom is -0.425 e. The summed E-state index contributed by atoms with van der Waals surface area (Å²) in [6, 6.07) is 14.4. The molecule has 0 amide bonds. The SMILES string of the molecule is Cc1ccc(S(=O)(=O)NC2C=C(c3ccccc3)OC2=O)cc1. The average molecular weight is 329 g/mol. The van der Waals surface area contributed by atoms with E-state index >= 15 is 0 Å². The van der Waals surface area contributed by atoms with E-state index in [2.05, 4.69) is 4.72 Å². The van der Waals surface area contributed by atoms with Gasteiger partial charge in [-0.25, -0.2) is 13.2 Å². The lowest BCUT2D eigenvalue weighted by Gasteiger charge is -2.09. The fourth-order valence-corrected chi connectivity index (χ4v) is 3.35. The molecule has 1 N–H and O–H groups in total. The number of aryl methyl sites for hydroxylation is 1. The van der Waals surface area contributed by atoms with E-state index in [0.717, 1.165) is 11.1 Å². The van der Waals surface area contributed by atoms with E-state index in [9.17, 15) is 13.2 Å². The molecule has 0 radical (unpaired) electrons. The van der Waals surface area contributed by atoms with Crippen LogP contribution in [0.15, 0.2) is 65.6 Å². The molecule has 0 aliphatic carbocycles. The van der Waals surface area contributed by atoms with Crippen LogP contribution in [-0.2, 0) is 19.6 Å². The van der Waals surface area contributed by atoms with Crippen LogP contribution in [0.5, 0.6) is 0 Å². The molecule has 0 bridgehead atoms. The van der Waals surface area contributed by atoms with Crippen molar-refractivity contribution in [2.75, 3.05) is 0 Å². The number of ether oxygens (including phenoxy) is 1. The third-order valence-electron chi connectivity index (χ3n) is 3.45. The number of esters is 1. The number of carbonyl (C=O) groups excluding carboxylic acids is 1. The molecule has 0 saturated heterocycles. The second-order valence-corrected chi connectivity index (χ2v) is 6.94. The van der Waals surface area contributed by atoms with Crippen LogP contribution in [-0.4, -0.2) is 20.4 Å². The number of nitrogens with one attached hydrogen (secondary N) is 1. The maximum atomic E-state index is 12.3. The lowest BCUT2D eigenvalue weighted by atomic mass is 10.2. The molecule has 0 aromatic heterocycles. The van der Waals surface area contributed by atoms with Crippen molar-refractivity contribution in [3.63, 3.8) is 0 Å². The van der Waals surface area contributed by atoms with Gasteiger partial charge in [0.05, 0.1) is 4.90 Å². The van der Waals surface area contributed by atoms with Crippen LogP contribution in [0, 0.1) is 6.92 Å². The second-order valence-electron chi connectivity index (χ2n) is 5.23. The van der Waals surface area contributed by atoms with Crippen LogP contribution in [0.1, 0.15) is 11.1 Å². The van der Waals surface area contributed by atoms with E-state index in [1.54, 1.807) is 24.3 Å². The minimum absolute atomic E-state index is 0.109. The van der Waals surface area contributed by atoms with Crippen LogP contribution in [0.4, 0.5) is 0 Å². The zero-order valence-corrected chi connectivity index (χ0v) is 13.2. The highest BCUT2D eigenvalue weighted by molar-refractivity contribution is 7.89. The van der Waals surface area contributed by atoms with E-state index in [0.29, 0.717) is 5.76 Å². The Morgan fingerprint density at radius 2 is 1.65 bits per heavy atom. The van der Waals surface area contributed by atoms with Crippen molar-refractivity contribution in [1.82, 2.24) is 4.72 Å². The molecule has 3 rings (SSSR count). The third-order valence-corrected chi connectivity index (χ3v) is 4.91. The molecular weight excluding hydrogens is 314 g/mol. The number of rotatable bonds is 4. The molecule has 1 aliphatic rings. The molecule has 6 heteroatoms. The molecule has 1 atom stereocenters. The summed E-state index contributed by atoms with van der Waals surface area (Å²) >= 11 is 0. The van der Waals surface area contributed by atoms with Gasteiger partial charge in [0.1, 0.15) is 11.8 Å². The lowest BCUT2D eigenvalue weighted by molar-refractivity contribution is -0.135. The van der Waals surface area contributed by atoms with Crippen LogP contribution in [0.2, 0.25) is 0 Å². The molecule has 1 heterocycles. The van der Waals surface area contributed by atoms with Gasteiger partial charge in [0.25, 0.3) is 0 Å². The van der Waals surface area contributed by atoms with E-state index in [1.807, 2.05) is 25.1 Å². The Morgan fingerprint density at radius 1 is 1.00 bits per heavy atom. The first-order valence-electron chi connectivity index (χ1n) is 7.04. The van der Waals surface area contributed by atoms with Gasteiger partial charge < -0.3 is 4.74 Å². The summed E-state index contributed by atoms with van der Waals surface area (Å²) in [7, 11) is -3.79. The molecule has 0 fully saturated rings. The normalized spacial score (nSPS) is 17.7. The van der Waals surface area contributed by atoms with Gasteiger partial charge in [-0.05, 0) is 25.1 Å². The van der Waals surface area contributed by atoms with E-state index < -0.39 is 22.0 Å². The van der Waals surface area contributed by atoms with Crippen molar-refractivity contribution in [2.45, 2.75) is 17.9 Å². The van der Waals surface area contributed by atoms with Gasteiger partial charge in [-0.3, -0.25) is 0 Å². The highest BCUT2D eigenvalue weighted by Crippen LogP contribution is 2.23. The summed E-state index contributed by atoms with van der Waals surface area (Å²) in [6.45, 7) is 1.87. The number of cyclic esters (lactones) is 1. The monoisotopic (exact) mass is 329 g/mol. The first kappa shape index (κ1) is 15.5. The maximum Gasteiger partial charge on any atom is 0.333 e. The van der Waals surface area contributed by atoms with Crippen molar-refractivity contribution in [2.24, 2.45) is 0 Å². The predicted octanol–water partition coefficient (Wildman–Crippen LogP) is 2.24. The molecule has 1 unspecified atom stereocenters. The zero-order chi connectivity index (χ0) is 16.4. The highest BCUT2D eigenvalue weighted by Gasteiger charge is 2.32. The molecule has 0 saturated carbocycles. The van der Waals surface area contributed by atoms with Gasteiger partial charge in [0.2, 0.25) is 10.0 Å². The zero-order valence-electron chi connectivity index (χ0n) is 12.4. The quantitative estimate of drug-likeness (QED) is 0.873. The lowest BCUT2D eigenvalue weighted by Crippen LogP contribution is -2.37. The van der Waals surface area contributed by atoms with E-state index in [-0.39, 0.29) is 4.90 Å². The van der Waals surface area contributed by atoms with Gasteiger partial charge >= 0.3 is 5.97 Å². The summed E-state index contributed by atoms with van der Waals surface area (Å²) in [5, 5.41) is 0. The Kier molecular flexibility index (Phi) is 4.02. The van der Waals surface area contributed by atoms with Crippen molar-refractivity contribution >= 4 is 21.8 Å². The minimum atomic E-state index is -3.79. The van der Waals surface area contributed by atoms with Crippen molar-refractivity contribution in [3.05, 3.63) is 71.8 Å². The fourth-order valence-electron chi connectivity index (χ4n) is 2.22. The van der Waals surface area contributed by atoms with Gasteiger partial charge in [0, 0.05) is 5.56 Å². The maximum absolute atomic E-state index is 12.3. The van der Waals surface area contributed by atoms with Crippen LogP contribution in [0.25, 0.3) is 5.76 Å². The molecule has 0 spiro atoms.